The highest BCUT2D eigenvalue weighted by Gasteiger charge is 2.10. The van der Waals surface area contributed by atoms with Crippen molar-refractivity contribution in [1.82, 2.24) is 5.32 Å². The Hall–Kier alpha value is -0.540. The summed E-state index contributed by atoms with van der Waals surface area (Å²) in [5.74, 6) is 0.902. The molecule has 0 aromatic carbocycles. The van der Waals surface area contributed by atoms with E-state index in [0.717, 1.165) is 10.4 Å². The van der Waals surface area contributed by atoms with Crippen molar-refractivity contribution in [3.05, 3.63) is 21.9 Å². The Morgan fingerprint density at radius 3 is 2.93 bits per heavy atom. The molecule has 0 bridgehead atoms. The molecule has 1 heterocycles. The normalized spacial score (nSPS) is 12.5. The van der Waals surface area contributed by atoms with Gasteiger partial charge in [-0.2, -0.15) is 0 Å². The molecule has 0 aliphatic carbocycles. The van der Waals surface area contributed by atoms with E-state index in [1.54, 1.807) is 0 Å². The van der Waals surface area contributed by atoms with Gasteiger partial charge in [0, 0.05) is 12.4 Å². The largest absolute Gasteiger partial charge is 0.351 e. The van der Waals surface area contributed by atoms with Gasteiger partial charge in [0.25, 0.3) is 5.91 Å². The molecule has 0 radical (unpaired) electrons. The summed E-state index contributed by atoms with van der Waals surface area (Å²) in [6.45, 7) is 4.59. The maximum absolute atomic E-state index is 11.6. The highest BCUT2D eigenvalue weighted by molar-refractivity contribution is 7.12. The molecule has 0 aliphatic rings. The van der Waals surface area contributed by atoms with E-state index in [4.69, 9.17) is 11.6 Å². The van der Waals surface area contributed by atoms with Gasteiger partial charge in [-0.15, -0.1) is 22.9 Å². The predicted octanol–water partition coefficient (Wildman–Crippen LogP) is 2.66. The summed E-state index contributed by atoms with van der Waals surface area (Å²) in [6.07, 6.45) is 0. The van der Waals surface area contributed by atoms with E-state index in [1.807, 2.05) is 25.3 Å². The van der Waals surface area contributed by atoms with Gasteiger partial charge in [-0.25, -0.2) is 0 Å². The van der Waals surface area contributed by atoms with Crippen molar-refractivity contribution in [2.75, 3.05) is 12.4 Å². The molecule has 1 aromatic heterocycles. The highest BCUT2D eigenvalue weighted by Crippen LogP contribution is 2.15. The SMILES string of the molecule is Cc1ccsc1C(=O)NCC(C)CCl. The van der Waals surface area contributed by atoms with Crippen LogP contribution in [0.3, 0.4) is 0 Å². The minimum absolute atomic E-state index is 0.00877. The number of rotatable bonds is 4. The van der Waals surface area contributed by atoms with Crippen LogP contribution in [-0.4, -0.2) is 18.3 Å². The molecule has 1 amide bonds. The number of hydrogen-bond acceptors (Lipinski definition) is 2. The maximum Gasteiger partial charge on any atom is 0.261 e. The molecule has 1 rings (SSSR count). The van der Waals surface area contributed by atoms with E-state index >= 15 is 0 Å². The molecule has 0 saturated carbocycles. The molecule has 0 fully saturated rings. The number of aryl methyl sites for hydroxylation is 1. The fourth-order valence-electron chi connectivity index (χ4n) is 1.01. The lowest BCUT2D eigenvalue weighted by molar-refractivity contribution is 0.0953. The first-order valence-corrected chi connectivity index (χ1v) is 5.94. The number of halogens is 1. The topological polar surface area (TPSA) is 29.1 Å². The molecule has 1 atom stereocenters. The van der Waals surface area contributed by atoms with Gasteiger partial charge < -0.3 is 5.32 Å². The van der Waals surface area contributed by atoms with Crippen LogP contribution in [0.5, 0.6) is 0 Å². The zero-order chi connectivity index (χ0) is 10.6. The number of carbonyl (C=O) groups is 1. The lowest BCUT2D eigenvalue weighted by Crippen LogP contribution is -2.28. The van der Waals surface area contributed by atoms with Gasteiger partial charge in [0.1, 0.15) is 0 Å². The molecule has 1 N–H and O–H groups in total. The molecule has 0 spiro atoms. The molecule has 14 heavy (non-hydrogen) atoms. The van der Waals surface area contributed by atoms with Crippen molar-refractivity contribution < 1.29 is 4.79 Å². The summed E-state index contributed by atoms with van der Waals surface area (Å²) in [5.41, 5.74) is 1.03. The van der Waals surface area contributed by atoms with Crippen LogP contribution in [0.2, 0.25) is 0 Å². The number of amides is 1. The maximum atomic E-state index is 11.6. The van der Waals surface area contributed by atoms with Gasteiger partial charge in [0.2, 0.25) is 0 Å². The standard InChI is InChI=1S/C10H14ClNOS/c1-7(5-11)6-12-10(13)9-8(2)3-4-14-9/h3-4,7H,5-6H2,1-2H3,(H,12,13). The molecule has 0 aliphatic heterocycles. The van der Waals surface area contributed by atoms with Gasteiger partial charge in [-0.05, 0) is 29.9 Å². The molecular formula is C10H14ClNOS. The summed E-state index contributed by atoms with van der Waals surface area (Å²) in [7, 11) is 0. The molecule has 1 aromatic rings. The van der Waals surface area contributed by atoms with Gasteiger partial charge in [-0.1, -0.05) is 6.92 Å². The lowest BCUT2D eigenvalue weighted by atomic mass is 10.2. The van der Waals surface area contributed by atoms with Crippen molar-refractivity contribution in [3.8, 4) is 0 Å². The molecule has 1 unspecified atom stereocenters. The third kappa shape index (κ3) is 3.00. The Labute approximate surface area is 93.3 Å². The van der Waals surface area contributed by atoms with E-state index in [0.29, 0.717) is 18.3 Å². The lowest BCUT2D eigenvalue weighted by Gasteiger charge is -2.08. The first-order chi connectivity index (χ1) is 6.65. The Bertz CT molecular complexity index is 311. The number of alkyl halides is 1. The van der Waals surface area contributed by atoms with Crippen LogP contribution in [0, 0.1) is 12.8 Å². The van der Waals surface area contributed by atoms with Crippen molar-refractivity contribution >= 4 is 28.8 Å². The van der Waals surface area contributed by atoms with Gasteiger partial charge >= 0.3 is 0 Å². The van der Waals surface area contributed by atoms with Gasteiger partial charge in [0.15, 0.2) is 0 Å². The van der Waals surface area contributed by atoms with E-state index < -0.39 is 0 Å². The molecular weight excluding hydrogens is 218 g/mol. The van der Waals surface area contributed by atoms with E-state index in [2.05, 4.69) is 5.32 Å². The first kappa shape index (κ1) is 11.5. The van der Waals surface area contributed by atoms with Crippen molar-refractivity contribution in [1.29, 1.82) is 0 Å². The summed E-state index contributed by atoms with van der Waals surface area (Å²) in [5, 5.41) is 4.79. The zero-order valence-corrected chi connectivity index (χ0v) is 9.91. The smallest absolute Gasteiger partial charge is 0.261 e. The third-order valence-corrected chi connectivity index (χ3v) is 3.48. The number of hydrogen-bond donors (Lipinski definition) is 1. The van der Waals surface area contributed by atoms with Gasteiger partial charge in [-0.3, -0.25) is 4.79 Å². The Kier molecular flexibility index (Phi) is 4.42. The van der Waals surface area contributed by atoms with E-state index in [9.17, 15) is 4.79 Å². The quantitative estimate of drug-likeness (QED) is 0.794. The Morgan fingerprint density at radius 1 is 1.71 bits per heavy atom. The van der Waals surface area contributed by atoms with Crippen LogP contribution in [0.4, 0.5) is 0 Å². The fourth-order valence-corrected chi connectivity index (χ4v) is 1.96. The molecule has 0 saturated heterocycles. The monoisotopic (exact) mass is 231 g/mol. The second-order valence-corrected chi connectivity index (χ2v) is 4.63. The second-order valence-electron chi connectivity index (χ2n) is 3.40. The molecule has 4 heteroatoms. The van der Waals surface area contributed by atoms with Crippen molar-refractivity contribution in [3.63, 3.8) is 0 Å². The van der Waals surface area contributed by atoms with Crippen molar-refractivity contribution in [2.45, 2.75) is 13.8 Å². The molecule has 2 nitrogen and oxygen atoms in total. The Balaban J connectivity index is 2.47. The van der Waals surface area contributed by atoms with E-state index in [-0.39, 0.29) is 5.91 Å². The van der Waals surface area contributed by atoms with Crippen LogP contribution in [0.1, 0.15) is 22.2 Å². The summed E-state index contributed by atoms with van der Waals surface area (Å²) >= 11 is 7.11. The second kappa shape index (κ2) is 5.37. The minimum Gasteiger partial charge on any atom is -0.351 e. The number of carbonyl (C=O) groups excluding carboxylic acids is 1. The zero-order valence-electron chi connectivity index (χ0n) is 8.34. The minimum atomic E-state index is 0.00877. The van der Waals surface area contributed by atoms with Crippen molar-refractivity contribution in [2.24, 2.45) is 5.92 Å². The molecule has 78 valence electrons. The van der Waals surface area contributed by atoms with E-state index in [1.165, 1.54) is 11.3 Å². The van der Waals surface area contributed by atoms with Gasteiger partial charge in [0.05, 0.1) is 4.88 Å². The first-order valence-electron chi connectivity index (χ1n) is 4.53. The van der Waals surface area contributed by atoms with Crippen LogP contribution in [-0.2, 0) is 0 Å². The number of nitrogens with one attached hydrogen (secondary N) is 1. The van der Waals surface area contributed by atoms with Crippen LogP contribution in [0.15, 0.2) is 11.4 Å². The summed E-state index contributed by atoms with van der Waals surface area (Å²) < 4.78 is 0. The van der Waals surface area contributed by atoms with Crippen LogP contribution < -0.4 is 5.32 Å². The Morgan fingerprint density at radius 2 is 2.43 bits per heavy atom. The summed E-state index contributed by atoms with van der Waals surface area (Å²) in [4.78, 5) is 12.4. The van der Waals surface area contributed by atoms with Crippen LogP contribution in [0.25, 0.3) is 0 Å². The highest BCUT2D eigenvalue weighted by atomic mass is 35.5. The summed E-state index contributed by atoms with van der Waals surface area (Å²) in [6, 6.07) is 1.95. The predicted molar refractivity (Wildman–Crippen MR) is 61.3 cm³/mol. The third-order valence-electron chi connectivity index (χ3n) is 1.94. The average Bonchev–Trinajstić information content (AvgIpc) is 2.60. The average molecular weight is 232 g/mol. The number of thiophene rings is 1. The fraction of sp³-hybridized carbons (Fsp3) is 0.500. The van der Waals surface area contributed by atoms with Crippen LogP contribution >= 0.6 is 22.9 Å².